The Morgan fingerprint density at radius 2 is 1.74 bits per heavy atom. The molecule has 0 aromatic heterocycles. The molecule has 0 heterocycles. The van der Waals surface area contributed by atoms with Crippen LogP contribution in [-0.4, -0.2) is 18.1 Å². The number of hydrogen-bond acceptors (Lipinski definition) is 3. The van der Waals surface area contributed by atoms with Crippen LogP contribution in [0.4, 0.5) is 23.2 Å². The molecule has 0 spiro atoms. The topological polar surface area (TPSA) is 50.4 Å². The molecule has 2 rings (SSSR count). The minimum absolute atomic E-state index is 0.286. The van der Waals surface area contributed by atoms with Crippen LogP contribution in [0, 0.1) is 26.8 Å². The number of thiocarbonyl (C=S) groups is 1. The summed E-state index contributed by atoms with van der Waals surface area (Å²) in [4.78, 5) is 12.1. The average Bonchev–Trinajstić information content (AvgIpc) is 2.62. The molecule has 0 saturated carbocycles. The summed E-state index contributed by atoms with van der Waals surface area (Å²) in [7, 11) is 0.839. The molecule has 0 radical (unpaired) electrons. The van der Waals surface area contributed by atoms with Gasteiger partial charge in [0.05, 0.1) is 7.11 Å². The van der Waals surface area contributed by atoms with Crippen molar-refractivity contribution in [3.05, 3.63) is 56.2 Å². The zero-order chi connectivity index (χ0) is 20.3. The van der Waals surface area contributed by atoms with E-state index in [2.05, 4.69) is 32.6 Å². The van der Waals surface area contributed by atoms with Crippen molar-refractivity contribution < 1.29 is 27.1 Å². The molecule has 2 N–H and O–H groups in total. The third-order valence-electron chi connectivity index (χ3n) is 3.58. The first kappa shape index (κ1) is 21.4. The van der Waals surface area contributed by atoms with Gasteiger partial charge >= 0.3 is 0 Å². The van der Waals surface area contributed by atoms with E-state index in [4.69, 9.17) is 12.2 Å². The van der Waals surface area contributed by atoms with E-state index in [9.17, 15) is 22.4 Å². The Kier molecular flexibility index (Phi) is 6.98. The van der Waals surface area contributed by atoms with E-state index in [0.717, 1.165) is 16.2 Å². The second-order valence-corrected chi connectivity index (χ2v) is 6.88. The number of ether oxygens (including phenoxy) is 1. The third kappa shape index (κ3) is 4.49. The van der Waals surface area contributed by atoms with Gasteiger partial charge in [-0.3, -0.25) is 10.1 Å². The number of rotatable bonds is 4. The minimum Gasteiger partial charge on any atom is -0.491 e. The van der Waals surface area contributed by atoms with E-state index < -0.39 is 40.5 Å². The van der Waals surface area contributed by atoms with Crippen molar-refractivity contribution in [2.75, 3.05) is 12.4 Å². The molecule has 0 fully saturated rings. The molecule has 0 aliphatic rings. The van der Waals surface area contributed by atoms with Gasteiger partial charge in [-0.1, -0.05) is 6.92 Å². The maximum Gasteiger partial charge on any atom is 0.263 e. The number of amides is 1. The van der Waals surface area contributed by atoms with Crippen LogP contribution in [0.5, 0.6) is 5.75 Å². The van der Waals surface area contributed by atoms with Gasteiger partial charge in [-0.2, -0.15) is 8.78 Å². The quantitative estimate of drug-likeness (QED) is 0.274. The van der Waals surface area contributed by atoms with E-state index >= 15 is 0 Å². The largest absolute Gasteiger partial charge is 0.491 e. The molecule has 0 atom stereocenters. The number of benzene rings is 2. The summed E-state index contributed by atoms with van der Waals surface area (Å²) in [5.74, 6) is -10.1. The van der Waals surface area contributed by atoms with Crippen molar-refractivity contribution in [1.82, 2.24) is 5.32 Å². The highest BCUT2D eigenvalue weighted by molar-refractivity contribution is 14.1. The summed E-state index contributed by atoms with van der Waals surface area (Å²) in [6.07, 6.45) is 0.661. The predicted molar refractivity (Wildman–Crippen MR) is 105 cm³/mol. The lowest BCUT2D eigenvalue weighted by atomic mass is 10.1. The van der Waals surface area contributed by atoms with Crippen LogP contribution in [0.2, 0.25) is 0 Å². The first-order valence-corrected chi connectivity index (χ1v) is 9.00. The fourth-order valence-electron chi connectivity index (χ4n) is 2.29. The average molecular weight is 512 g/mol. The van der Waals surface area contributed by atoms with Gasteiger partial charge in [0.15, 0.2) is 22.5 Å². The molecule has 0 unspecified atom stereocenters. The first-order chi connectivity index (χ1) is 12.7. The van der Waals surface area contributed by atoms with E-state index in [1.54, 1.807) is 12.1 Å². The summed E-state index contributed by atoms with van der Waals surface area (Å²) < 4.78 is 60.7. The van der Waals surface area contributed by atoms with E-state index in [0.29, 0.717) is 12.1 Å². The summed E-state index contributed by atoms with van der Waals surface area (Å²) in [5.41, 5.74) is 0.0296. The van der Waals surface area contributed by atoms with Gasteiger partial charge in [0.2, 0.25) is 11.6 Å². The standard InChI is InChI=1S/C17H13F4IN2O2S/c1-3-7-6-8(22)4-5-9(7)23-17(27)24-16(25)10-11(18)13(20)15(26-2)14(21)12(10)19/h4-6H,3H2,1-2H3,(H2,23,24,25,27). The second kappa shape index (κ2) is 8.83. The van der Waals surface area contributed by atoms with Gasteiger partial charge in [-0.25, -0.2) is 8.78 Å². The molecular formula is C17H13F4IN2O2S. The summed E-state index contributed by atoms with van der Waals surface area (Å²) in [5, 5.41) is 4.44. The van der Waals surface area contributed by atoms with Gasteiger partial charge in [0.25, 0.3) is 5.91 Å². The summed E-state index contributed by atoms with van der Waals surface area (Å²) in [6.45, 7) is 1.91. The number of aryl methyl sites for hydroxylation is 1. The Morgan fingerprint density at radius 1 is 1.15 bits per heavy atom. The van der Waals surface area contributed by atoms with Crippen molar-refractivity contribution in [1.29, 1.82) is 0 Å². The van der Waals surface area contributed by atoms with Crippen molar-refractivity contribution >= 4 is 51.5 Å². The number of carbonyl (C=O) groups excluding carboxylic acids is 1. The molecule has 0 saturated heterocycles. The molecular weight excluding hydrogens is 499 g/mol. The van der Waals surface area contributed by atoms with Crippen molar-refractivity contribution in [3.63, 3.8) is 0 Å². The lowest BCUT2D eigenvalue weighted by Crippen LogP contribution is -2.35. The molecule has 27 heavy (non-hydrogen) atoms. The molecule has 1 amide bonds. The molecule has 0 aliphatic carbocycles. The molecule has 0 aliphatic heterocycles. The molecule has 2 aromatic rings. The van der Waals surface area contributed by atoms with Gasteiger partial charge < -0.3 is 10.1 Å². The van der Waals surface area contributed by atoms with Crippen LogP contribution in [0.3, 0.4) is 0 Å². The summed E-state index contributed by atoms with van der Waals surface area (Å²) in [6, 6.07) is 5.40. The monoisotopic (exact) mass is 512 g/mol. The molecule has 0 bridgehead atoms. The SMILES string of the molecule is CCc1cc(I)ccc1NC(=S)NC(=O)c1c(F)c(F)c(OC)c(F)c1F. The zero-order valence-electron chi connectivity index (χ0n) is 14.1. The minimum atomic E-state index is -1.88. The Bertz CT molecular complexity index is 895. The fraction of sp³-hybridized carbons (Fsp3) is 0.176. The molecule has 144 valence electrons. The number of halogens is 5. The van der Waals surface area contributed by atoms with Crippen molar-refractivity contribution in [2.45, 2.75) is 13.3 Å². The molecule has 4 nitrogen and oxygen atoms in total. The fourth-order valence-corrected chi connectivity index (χ4v) is 3.04. The van der Waals surface area contributed by atoms with Crippen LogP contribution >= 0.6 is 34.8 Å². The highest BCUT2D eigenvalue weighted by Gasteiger charge is 2.30. The van der Waals surface area contributed by atoms with Gasteiger partial charge in [0.1, 0.15) is 5.56 Å². The Morgan fingerprint density at radius 3 is 2.26 bits per heavy atom. The van der Waals surface area contributed by atoms with E-state index in [1.807, 2.05) is 18.3 Å². The van der Waals surface area contributed by atoms with Gasteiger partial charge in [-0.15, -0.1) is 0 Å². The third-order valence-corrected chi connectivity index (χ3v) is 4.45. The predicted octanol–water partition coefficient (Wildman–Crippen LogP) is 4.55. The number of nitrogens with one attached hydrogen (secondary N) is 2. The number of carbonyl (C=O) groups is 1. The second-order valence-electron chi connectivity index (χ2n) is 5.23. The van der Waals surface area contributed by atoms with Crippen molar-refractivity contribution in [3.8, 4) is 5.75 Å². The number of anilines is 1. The maximum absolute atomic E-state index is 14.0. The van der Waals surface area contributed by atoms with Crippen molar-refractivity contribution in [2.24, 2.45) is 0 Å². The van der Waals surface area contributed by atoms with Gasteiger partial charge in [-0.05, 0) is 65.0 Å². The van der Waals surface area contributed by atoms with Crippen LogP contribution in [-0.2, 0) is 6.42 Å². The van der Waals surface area contributed by atoms with Gasteiger partial charge in [0, 0.05) is 9.26 Å². The summed E-state index contributed by atoms with van der Waals surface area (Å²) >= 11 is 7.08. The number of hydrogen-bond donors (Lipinski definition) is 2. The van der Waals surface area contributed by atoms with Crippen LogP contribution in [0.15, 0.2) is 18.2 Å². The maximum atomic E-state index is 14.0. The van der Waals surface area contributed by atoms with Crippen LogP contribution in [0.25, 0.3) is 0 Å². The lowest BCUT2D eigenvalue weighted by Gasteiger charge is -2.14. The zero-order valence-corrected chi connectivity index (χ0v) is 17.0. The van der Waals surface area contributed by atoms with E-state index in [-0.39, 0.29) is 5.11 Å². The van der Waals surface area contributed by atoms with Crippen LogP contribution in [0.1, 0.15) is 22.8 Å². The lowest BCUT2D eigenvalue weighted by molar-refractivity contribution is 0.0966. The highest BCUT2D eigenvalue weighted by atomic mass is 127. The normalized spacial score (nSPS) is 10.5. The highest BCUT2D eigenvalue weighted by Crippen LogP contribution is 2.29. The molecule has 10 heteroatoms. The smallest absolute Gasteiger partial charge is 0.263 e. The molecule has 2 aromatic carbocycles. The Balaban J connectivity index is 2.27. The van der Waals surface area contributed by atoms with Crippen LogP contribution < -0.4 is 15.4 Å². The Labute approximate surface area is 171 Å². The first-order valence-electron chi connectivity index (χ1n) is 7.51. The van der Waals surface area contributed by atoms with E-state index in [1.165, 1.54) is 0 Å². The number of methoxy groups -OCH3 is 1. The Hall–Kier alpha value is -1.95.